The molecule has 2 aromatic carbocycles. The molecule has 2 rings (SSSR count). The van der Waals surface area contributed by atoms with E-state index in [-0.39, 0.29) is 0 Å². The van der Waals surface area contributed by atoms with Gasteiger partial charge in [0, 0.05) is 12.1 Å². The molecule has 3 heteroatoms. The fourth-order valence-corrected chi connectivity index (χ4v) is 5.11. The van der Waals surface area contributed by atoms with Gasteiger partial charge in [-0.25, -0.2) is 0 Å². The summed E-state index contributed by atoms with van der Waals surface area (Å²) in [5, 5.41) is 17.4. The first kappa shape index (κ1) is 37.1. The molecule has 0 spiro atoms. The molecular weight excluding hydrogens is 500 g/mol. The molecule has 2 aromatic rings. The summed E-state index contributed by atoms with van der Waals surface area (Å²) in [6.45, 7) is 28.1. The lowest BCUT2D eigenvalue weighted by Gasteiger charge is -2.29. The summed E-state index contributed by atoms with van der Waals surface area (Å²) in [5.74, 6) is 2.40. The zero-order valence-electron chi connectivity index (χ0n) is 28.6. The second kappa shape index (κ2) is 18.6. The highest BCUT2D eigenvalue weighted by Crippen LogP contribution is 2.25. The van der Waals surface area contributed by atoms with E-state index in [1.165, 1.54) is 27.8 Å². The van der Waals surface area contributed by atoms with Crippen LogP contribution in [-0.2, 0) is 0 Å². The zero-order valence-corrected chi connectivity index (χ0v) is 28.6. The quantitative estimate of drug-likeness (QED) is 0.189. The highest BCUT2D eigenvalue weighted by Gasteiger charge is 2.22. The molecule has 3 N–H and O–H groups in total. The minimum atomic E-state index is -0.623. The van der Waals surface area contributed by atoms with Crippen LogP contribution in [0.25, 0.3) is 0 Å². The van der Waals surface area contributed by atoms with E-state index < -0.39 is 5.60 Å². The average Bonchev–Trinajstić information content (AvgIpc) is 2.85. The highest BCUT2D eigenvalue weighted by atomic mass is 16.3. The van der Waals surface area contributed by atoms with Gasteiger partial charge in [0.15, 0.2) is 0 Å². The zero-order chi connectivity index (χ0) is 31.2. The van der Waals surface area contributed by atoms with Crippen LogP contribution in [0.3, 0.4) is 0 Å². The van der Waals surface area contributed by atoms with Crippen LogP contribution in [0.4, 0.5) is 0 Å². The average molecular weight is 565 g/mol. The van der Waals surface area contributed by atoms with Gasteiger partial charge >= 0.3 is 0 Å². The van der Waals surface area contributed by atoms with Crippen molar-refractivity contribution in [3.8, 4) is 0 Å². The van der Waals surface area contributed by atoms with Crippen molar-refractivity contribution in [2.75, 3.05) is 13.1 Å². The highest BCUT2D eigenvalue weighted by molar-refractivity contribution is 5.25. The summed E-state index contributed by atoms with van der Waals surface area (Å²) in [5.41, 5.74) is 6.22. The van der Waals surface area contributed by atoms with Crippen LogP contribution in [0, 0.1) is 25.7 Å². The molecule has 0 amide bonds. The van der Waals surface area contributed by atoms with Crippen LogP contribution in [0.2, 0.25) is 0 Å². The van der Waals surface area contributed by atoms with Crippen LogP contribution in [0.1, 0.15) is 123 Å². The molecule has 41 heavy (non-hydrogen) atoms. The molecule has 0 aliphatic rings. The molecule has 0 heterocycles. The van der Waals surface area contributed by atoms with E-state index in [1.807, 2.05) is 13.8 Å². The molecular formula is C38H64N2O. The molecule has 0 saturated carbocycles. The molecule has 0 radical (unpaired) electrons. The lowest BCUT2D eigenvalue weighted by Crippen LogP contribution is -2.39. The van der Waals surface area contributed by atoms with Gasteiger partial charge in [-0.3, -0.25) is 0 Å². The molecule has 0 saturated heterocycles. The van der Waals surface area contributed by atoms with Crippen LogP contribution >= 0.6 is 0 Å². The fourth-order valence-electron chi connectivity index (χ4n) is 5.11. The van der Waals surface area contributed by atoms with E-state index >= 15 is 0 Å². The Morgan fingerprint density at radius 2 is 1.12 bits per heavy atom. The SMILES string of the molecule is CC(C)=CC(C[C@H](C)c1ccc(C)cc1)NCC(C)C.Cc1ccc([C@@H](C)CC(CC(C)(C)O)NCC(C)C)cc1. The Balaban J connectivity index is 0.000000410. The Morgan fingerprint density at radius 3 is 1.51 bits per heavy atom. The van der Waals surface area contributed by atoms with Crippen molar-refractivity contribution in [1.29, 1.82) is 0 Å². The fraction of sp³-hybridized carbons (Fsp3) is 0.632. The maximum Gasteiger partial charge on any atom is 0.0606 e. The normalized spacial score (nSPS) is 14.7. The third-order valence-electron chi connectivity index (χ3n) is 7.42. The van der Waals surface area contributed by atoms with E-state index in [9.17, 15) is 5.11 Å². The van der Waals surface area contributed by atoms with Crippen molar-refractivity contribution in [2.24, 2.45) is 11.8 Å². The first-order chi connectivity index (χ1) is 19.1. The smallest absolute Gasteiger partial charge is 0.0606 e. The van der Waals surface area contributed by atoms with E-state index in [0.717, 1.165) is 32.4 Å². The molecule has 3 nitrogen and oxygen atoms in total. The number of nitrogens with one attached hydrogen (secondary N) is 2. The lowest BCUT2D eigenvalue weighted by atomic mass is 9.88. The second-order valence-corrected chi connectivity index (χ2v) is 14.3. The van der Waals surface area contributed by atoms with Gasteiger partial charge in [0.25, 0.3) is 0 Å². The predicted octanol–water partition coefficient (Wildman–Crippen LogP) is 9.33. The lowest BCUT2D eigenvalue weighted by molar-refractivity contribution is 0.0568. The van der Waals surface area contributed by atoms with Crippen molar-refractivity contribution in [3.63, 3.8) is 0 Å². The molecule has 232 valence electrons. The number of aliphatic hydroxyl groups is 1. The monoisotopic (exact) mass is 565 g/mol. The van der Waals surface area contributed by atoms with E-state index in [0.29, 0.717) is 35.8 Å². The van der Waals surface area contributed by atoms with Gasteiger partial charge in [-0.05, 0) is 109 Å². The van der Waals surface area contributed by atoms with E-state index in [1.54, 1.807) is 0 Å². The number of aryl methyl sites for hydroxylation is 2. The summed E-state index contributed by atoms with van der Waals surface area (Å²) in [7, 11) is 0. The van der Waals surface area contributed by atoms with Crippen molar-refractivity contribution < 1.29 is 5.11 Å². The van der Waals surface area contributed by atoms with Crippen LogP contribution < -0.4 is 10.6 Å². The van der Waals surface area contributed by atoms with Crippen molar-refractivity contribution >= 4 is 0 Å². The van der Waals surface area contributed by atoms with Crippen LogP contribution in [0.15, 0.2) is 60.2 Å². The van der Waals surface area contributed by atoms with Gasteiger partial charge in [0.05, 0.1) is 5.60 Å². The van der Waals surface area contributed by atoms with E-state index in [2.05, 4.69) is 134 Å². The Morgan fingerprint density at radius 1 is 0.707 bits per heavy atom. The summed E-state index contributed by atoms with van der Waals surface area (Å²) in [4.78, 5) is 0. The minimum absolute atomic E-state index is 0.351. The molecule has 0 aliphatic heterocycles. The largest absolute Gasteiger partial charge is 0.390 e. The maximum absolute atomic E-state index is 10.1. The summed E-state index contributed by atoms with van der Waals surface area (Å²) < 4.78 is 0. The molecule has 0 aliphatic carbocycles. The van der Waals surface area contributed by atoms with Gasteiger partial charge in [-0.2, -0.15) is 0 Å². The summed E-state index contributed by atoms with van der Waals surface area (Å²) >= 11 is 0. The van der Waals surface area contributed by atoms with Gasteiger partial charge in [-0.1, -0.05) is 113 Å². The van der Waals surface area contributed by atoms with Crippen molar-refractivity contribution in [2.45, 2.75) is 132 Å². The summed E-state index contributed by atoms with van der Waals surface area (Å²) in [6.07, 6.45) is 5.36. The molecule has 4 atom stereocenters. The number of benzene rings is 2. The van der Waals surface area contributed by atoms with Crippen molar-refractivity contribution in [3.05, 3.63) is 82.4 Å². The van der Waals surface area contributed by atoms with Crippen LogP contribution in [-0.4, -0.2) is 35.9 Å². The first-order valence-electron chi connectivity index (χ1n) is 16.0. The van der Waals surface area contributed by atoms with Gasteiger partial charge in [0.1, 0.15) is 0 Å². The molecule has 0 aromatic heterocycles. The van der Waals surface area contributed by atoms with Gasteiger partial charge in [-0.15, -0.1) is 0 Å². The summed E-state index contributed by atoms with van der Waals surface area (Å²) in [6, 6.07) is 18.6. The van der Waals surface area contributed by atoms with Crippen molar-refractivity contribution in [1.82, 2.24) is 10.6 Å². The molecule has 0 bridgehead atoms. The first-order valence-corrected chi connectivity index (χ1v) is 16.0. The van der Waals surface area contributed by atoms with Gasteiger partial charge in [0.2, 0.25) is 0 Å². The number of rotatable bonds is 15. The molecule has 0 fully saturated rings. The third kappa shape index (κ3) is 17.6. The second-order valence-electron chi connectivity index (χ2n) is 14.3. The Bertz CT molecular complexity index is 978. The predicted molar refractivity (Wildman–Crippen MR) is 182 cm³/mol. The van der Waals surface area contributed by atoms with Crippen LogP contribution in [0.5, 0.6) is 0 Å². The van der Waals surface area contributed by atoms with E-state index in [4.69, 9.17) is 0 Å². The minimum Gasteiger partial charge on any atom is -0.390 e. The Hall–Kier alpha value is -1.94. The molecule has 2 unspecified atom stereocenters. The third-order valence-corrected chi connectivity index (χ3v) is 7.42. The topological polar surface area (TPSA) is 44.3 Å². The van der Waals surface area contributed by atoms with Gasteiger partial charge < -0.3 is 15.7 Å². The number of hydrogen-bond acceptors (Lipinski definition) is 3. The standard InChI is InChI=1S/C19H33NO.C19H31N/c1-14(2)13-20-18(12-19(5,6)21)11-16(4)17-9-7-15(3)8-10-17;1-14(2)11-19(20-13-15(3)4)12-17(6)18-9-7-16(5)8-10-18/h7-10,14,16,18,20-21H,11-13H2,1-6H3;7-11,15,17,19-20H,12-13H2,1-6H3/t16-,18?;17-,19?/m00/s1. The number of allylic oxidation sites excluding steroid dienone is 1. The Labute approximate surface area is 254 Å². The number of hydrogen-bond donors (Lipinski definition) is 3. The Kier molecular flexibility index (Phi) is 16.8. The maximum atomic E-state index is 10.1.